The molecule has 1 aliphatic rings. The van der Waals surface area contributed by atoms with Crippen LogP contribution in [-0.2, 0) is 0 Å². The molecule has 176 valence electrons. The van der Waals surface area contributed by atoms with Crippen molar-refractivity contribution in [2.45, 2.75) is 0 Å². The minimum atomic E-state index is -0.410. The molecule has 0 saturated carbocycles. The third kappa shape index (κ3) is 4.61. The number of nitro benzene ring substituents is 1. The summed E-state index contributed by atoms with van der Waals surface area (Å²) in [7, 11) is 0. The van der Waals surface area contributed by atoms with E-state index < -0.39 is 4.92 Å². The molecule has 0 spiro atoms. The van der Waals surface area contributed by atoms with Crippen molar-refractivity contribution in [1.29, 1.82) is 0 Å². The minimum Gasteiger partial charge on any atom is -0.368 e. The Morgan fingerprint density at radius 3 is 2.20 bits per heavy atom. The summed E-state index contributed by atoms with van der Waals surface area (Å²) in [6, 6.07) is 25.3. The summed E-state index contributed by atoms with van der Waals surface area (Å²) in [6.07, 6.45) is 0. The lowest BCUT2D eigenvalue weighted by molar-refractivity contribution is -0.384. The third-order valence-corrected chi connectivity index (χ3v) is 6.39. The van der Waals surface area contributed by atoms with Crippen LogP contribution in [0, 0.1) is 10.1 Å². The van der Waals surface area contributed by atoms with E-state index in [-0.39, 0.29) is 11.6 Å². The highest BCUT2D eigenvalue weighted by Crippen LogP contribution is 2.27. The minimum absolute atomic E-state index is 0.0598. The maximum absolute atomic E-state index is 13.6. The average Bonchev–Trinajstić information content (AvgIpc) is 3.34. The molecule has 0 radical (unpaired) electrons. The second-order valence-electron chi connectivity index (χ2n) is 8.20. The monoisotopic (exact) mass is 487 g/mol. The fraction of sp³-hybridized carbons (Fsp3) is 0.154. The quantitative estimate of drug-likeness (QED) is 0.290. The number of para-hydroxylation sites is 1. The van der Waals surface area contributed by atoms with Crippen molar-refractivity contribution in [2.24, 2.45) is 0 Å². The van der Waals surface area contributed by atoms with Crippen molar-refractivity contribution in [3.8, 4) is 16.9 Å². The average molecular weight is 488 g/mol. The Morgan fingerprint density at radius 2 is 1.54 bits per heavy atom. The Labute approximate surface area is 207 Å². The number of halogens is 1. The summed E-state index contributed by atoms with van der Waals surface area (Å²) < 4.78 is 1.62. The zero-order valence-corrected chi connectivity index (χ0v) is 19.5. The summed E-state index contributed by atoms with van der Waals surface area (Å²) in [5, 5.41) is 16.2. The number of nitrogens with zero attached hydrogens (tertiary/aromatic N) is 5. The third-order valence-electron chi connectivity index (χ3n) is 6.07. The fourth-order valence-electron chi connectivity index (χ4n) is 4.21. The number of benzene rings is 3. The smallest absolute Gasteiger partial charge is 0.272 e. The van der Waals surface area contributed by atoms with Gasteiger partial charge in [-0.25, -0.2) is 4.68 Å². The summed E-state index contributed by atoms with van der Waals surface area (Å²) in [4.78, 5) is 28.1. The van der Waals surface area contributed by atoms with Crippen LogP contribution in [0.15, 0.2) is 84.9 Å². The molecule has 3 aromatic carbocycles. The highest BCUT2D eigenvalue weighted by Gasteiger charge is 2.27. The van der Waals surface area contributed by atoms with Crippen LogP contribution in [0.1, 0.15) is 10.5 Å². The van der Waals surface area contributed by atoms with Gasteiger partial charge >= 0.3 is 0 Å². The number of hydrogen-bond acceptors (Lipinski definition) is 5. The topological polar surface area (TPSA) is 84.5 Å². The molecule has 1 saturated heterocycles. The van der Waals surface area contributed by atoms with E-state index in [2.05, 4.69) is 4.90 Å². The standard InChI is InChI=1S/C26H22ClN5O3/c27-22-8-4-5-9-24(22)31-25(18-23(28-31)19-6-2-1-3-7-19)26(33)30-16-14-29(15-17-30)20-10-12-21(13-11-20)32(34)35/h1-13,18H,14-17H2. The number of rotatable bonds is 5. The summed E-state index contributed by atoms with van der Waals surface area (Å²) in [6.45, 7) is 2.28. The maximum atomic E-state index is 13.6. The van der Waals surface area contributed by atoms with Crippen molar-refractivity contribution in [3.63, 3.8) is 0 Å². The van der Waals surface area contributed by atoms with Crippen molar-refractivity contribution >= 4 is 28.9 Å². The highest BCUT2D eigenvalue weighted by molar-refractivity contribution is 6.32. The Bertz CT molecular complexity index is 1360. The van der Waals surface area contributed by atoms with Gasteiger partial charge in [0, 0.05) is 49.6 Å². The molecule has 2 heterocycles. The van der Waals surface area contributed by atoms with Gasteiger partial charge < -0.3 is 9.80 Å². The van der Waals surface area contributed by atoms with Crippen LogP contribution in [0.2, 0.25) is 5.02 Å². The zero-order valence-electron chi connectivity index (χ0n) is 18.8. The van der Waals surface area contributed by atoms with Crippen LogP contribution in [0.5, 0.6) is 0 Å². The van der Waals surface area contributed by atoms with Gasteiger partial charge in [0.2, 0.25) is 0 Å². The number of nitro groups is 1. The van der Waals surface area contributed by atoms with Crippen molar-refractivity contribution in [3.05, 3.63) is 106 Å². The van der Waals surface area contributed by atoms with Gasteiger partial charge in [-0.15, -0.1) is 0 Å². The molecule has 35 heavy (non-hydrogen) atoms. The van der Waals surface area contributed by atoms with Gasteiger partial charge in [-0.2, -0.15) is 5.10 Å². The molecule has 0 bridgehead atoms. The summed E-state index contributed by atoms with van der Waals surface area (Å²) >= 11 is 6.46. The molecule has 1 fully saturated rings. The van der Waals surface area contributed by atoms with E-state index >= 15 is 0 Å². The van der Waals surface area contributed by atoms with Crippen LogP contribution in [0.25, 0.3) is 16.9 Å². The van der Waals surface area contributed by atoms with Crippen LogP contribution in [0.4, 0.5) is 11.4 Å². The molecule has 0 N–H and O–H groups in total. The summed E-state index contributed by atoms with van der Waals surface area (Å²) in [5.74, 6) is -0.122. The van der Waals surface area contributed by atoms with Gasteiger partial charge in [-0.3, -0.25) is 14.9 Å². The molecule has 0 aliphatic carbocycles. The molecule has 1 aliphatic heterocycles. The van der Waals surface area contributed by atoms with Gasteiger partial charge in [0.1, 0.15) is 5.69 Å². The molecular formula is C26H22ClN5O3. The van der Waals surface area contributed by atoms with E-state index in [1.165, 1.54) is 12.1 Å². The van der Waals surface area contributed by atoms with E-state index in [1.54, 1.807) is 27.8 Å². The Hall–Kier alpha value is -4.17. The Morgan fingerprint density at radius 1 is 0.886 bits per heavy atom. The first-order chi connectivity index (χ1) is 17.0. The van der Waals surface area contributed by atoms with Gasteiger partial charge in [0.05, 0.1) is 21.3 Å². The van der Waals surface area contributed by atoms with E-state index in [4.69, 9.17) is 16.7 Å². The van der Waals surface area contributed by atoms with Crippen LogP contribution in [0.3, 0.4) is 0 Å². The van der Waals surface area contributed by atoms with Gasteiger partial charge in [-0.05, 0) is 30.3 Å². The normalized spacial score (nSPS) is 13.6. The highest BCUT2D eigenvalue weighted by atomic mass is 35.5. The molecule has 1 aromatic heterocycles. The molecule has 0 unspecified atom stereocenters. The van der Waals surface area contributed by atoms with Crippen molar-refractivity contribution < 1.29 is 9.72 Å². The first kappa shape index (κ1) is 22.6. The molecule has 9 heteroatoms. The lowest BCUT2D eigenvalue weighted by Crippen LogP contribution is -2.49. The second kappa shape index (κ2) is 9.60. The number of aromatic nitrogens is 2. The van der Waals surface area contributed by atoms with Crippen LogP contribution >= 0.6 is 11.6 Å². The number of anilines is 1. The Balaban J connectivity index is 1.40. The van der Waals surface area contributed by atoms with Crippen molar-refractivity contribution in [2.75, 3.05) is 31.1 Å². The predicted octanol–water partition coefficient (Wildman–Crippen LogP) is 5.06. The van der Waals surface area contributed by atoms with Gasteiger partial charge in [0.15, 0.2) is 0 Å². The fourth-order valence-corrected chi connectivity index (χ4v) is 4.42. The number of carbonyl (C=O) groups is 1. The van der Waals surface area contributed by atoms with E-state index in [0.717, 1.165) is 11.3 Å². The van der Waals surface area contributed by atoms with E-state index in [9.17, 15) is 14.9 Å². The number of non-ortho nitro benzene ring substituents is 1. The first-order valence-corrected chi connectivity index (χ1v) is 11.6. The molecule has 1 amide bonds. The SMILES string of the molecule is O=C(c1cc(-c2ccccc2)nn1-c1ccccc1Cl)N1CCN(c2ccc([N+](=O)[O-])cc2)CC1. The molecule has 4 aromatic rings. The largest absolute Gasteiger partial charge is 0.368 e. The van der Waals surface area contributed by atoms with Gasteiger partial charge in [0.25, 0.3) is 11.6 Å². The number of carbonyl (C=O) groups excluding carboxylic acids is 1. The van der Waals surface area contributed by atoms with E-state index in [1.807, 2.05) is 54.6 Å². The number of amides is 1. The molecule has 5 rings (SSSR count). The number of piperazine rings is 1. The van der Waals surface area contributed by atoms with Crippen molar-refractivity contribution in [1.82, 2.24) is 14.7 Å². The molecule has 8 nitrogen and oxygen atoms in total. The second-order valence-corrected chi connectivity index (χ2v) is 8.60. The summed E-state index contributed by atoms with van der Waals surface area (Å²) in [5.41, 5.74) is 3.65. The maximum Gasteiger partial charge on any atom is 0.272 e. The van der Waals surface area contributed by atoms with Gasteiger partial charge in [-0.1, -0.05) is 54.1 Å². The lowest BCUT2D eigenvalue weighted by Gasteiger charge is -2.36. The Kier molecular flexibility index (Phi) is 6.20. The first-order valence-electron chi connectivity index (χ1n) is 11.2. The predicted molar refractivity (Wildman–Crippen MR) is 135 cm³/mol. The van der Waals surface area contributed by atoms with Crippen LogP contribution < -0.4 is 4.90 Å². The molecular weight excluding hydrogens is 466 g/mol. The number of hydrogen-bond donors (Lipinski definition) is 0. The van der Waals surface area contributed by atoms with E-state index in [0.29, 0.717) is 48.3 Å². The van der Waals surface area contributed by atoms with Crippen LogP contribution in [-0.4, -0.2) is 51.7 Å². The zero-order chi connectivity index (χ0) is 24.4. The molecule has 0 atom stereocenters. The lowest BCUT2D eigenvalue weighted by atomic mass is 10.1.